The Morgan fingerprint density at radius 3 is 2.50 bits per heavy atom. The molecule has 48 heavy (non-hydrogen) atoms. The quantitative estimate of drug-likeness (QED) is 0.172. The van der Waals surface area contributed by atoms with E-state index in [1.165, 1.54) is 38.0 Å². The average molecular weight is 651 g/mol. The fourth-order valence-corrected chi connectivity index (χ4v) is 7.13. The Balaban J connectivity index is 1.32. The van der Waals surface area contributed by atoms with Crippen molar-refractivity contribution in [2.24, 2.45) is 0 Å². The smallest absolute Gasteiger partial charge is 0.328 e. The summed E-state index contributed by atoms with van der Waals surface area (Å²) in [6.07, 6.45) is 8.52. The Bertz CT molecular complexity index is 1870. The maximum atomic E-state index is 13.9. The van der Waals surface area contributed by atoms with Crippen LogP contribution in [0.15, 0.2) is 66.7 Å². The second-order valence-corrected chi connectivity index (χ2v) is 12.9. The molecule has 1 amide bonds. The normalized spacial score (nSPS) is 16.0. The molecule has 3 aromatic carbocycles. The molecule has 0 bridgehead atoms. The van der Waals surface area contributed by atoms with Crippen molar-refractivity contribution < 1.29 is 33.7 Å². The van der Waals surface area contributed by atoms with E-state index in [0.717, 1.165) is 58.1 Å². The fraction of sp³-hybridized carbons (Fsp3) is 0.359. The van der Waals surface area contributed by atoms with Crippen LogP contribution in [0.2, 0.25) is 0 Å². The lowest BCUT2D eigenvalue weighted by Crippen LogP contribution is -2.56. The largest absolute Gasteiger partial charge is 0.497 e. The Morgan fingerprint density at radius 2 is 1.79 bits per heavy atom. The predicted molar refractivity (Wildman–Crippen MR) is 185 cm³/mol. The third-order valence-electron chi connectivity index (χ3n) is 9.60. The molecule has 9 heteroatoms. The van der Waals surface area contributed by atoms with Crippen molar-refractivity contribution in [2.45, 2.75) is 63.5 Å². The molecular formula is C39H42N2O7. The van der Waals surface area contributed by atoms with Crippen LogP contribution in [0.3, 0.4) is 0 Å². The fourth-order valence-electron chi connectivity index (χ4n) is 7.13. The summed E-state index contributed by atoms with van der Waals surface area (Å²) >= 11 is 0. The van der Waals surface area contributed by atoms with Gasteiger partial charge in [0.25, 0.3) is 5.91 Å². The van der Waals surface area contributed by atoms with Crippen LogP contribution >= 0.6 is 0 Å². The van der Waals surface area contributed by atoms with Crippen LogP contribution in [0.4, 0.5) is 0 Å². The zero-order valence-corrected chi connectivity index (χ0v) is 27.7. The zero-order chi connectivity index (χ0) is 33.8. The minimum absolute atomic E-state index is 0.00316. The number of carbonyl (C=O) groups is 3. The van der Waals surface area contributed by atoms with Gasteiger partial charge in [0, 0.05) is 47.7 Å². The Labute approximate surface area is 280 Å². The van der Waals surface area contributed by atoms with Crippen molar-refractivity contribution in [1.82, 2.24) is 9.88 Å². The average Bonchev–Trinajstić information content (AvgIpc) is 3.29. The molecule has 2 heterocycles. The Hall–Kier alpha value is -4.89. The first-order chi connectivity index (χ1) is 23.2. The number of aliphatic carboxylic acids is 1. The molecule has 6 rings (SSSR count). The number of methoxy groups -OCH3 is 2. The number of carboxylic acid groups (broad SMARTS) is 1. The van der Waals surface area contributed by atoms with Gasteiger partial charge in [-0.15, -0.1) is 0 Å². The maximum absolute atomic E-state index is 13.9. The van der Waals surface area contributed by atoms with Gasteiger partial charge in [-0.1, -0.05) is 49.6 Å². The van der Waals surface area contributed by atoms with Gasteiger partial charge in [-0.2, -0.15) is 0 Å². The number of aromatic nitrogens is 1. The van der Waals surface area contributed by atoms with Crippen molar-refractivity contribution in [3.63, 3.8) is 0 Å². The molecule has 0 saturated heterocycles. The molecule has 4 aromatic rings. The predicted octanol–water partition coefficient (Wildman–Crippen LogP) is 6.80. The molecule has 1 fully saturated rings. The summed E-state index contributed by atoms with van der Waals surface area (Å²) in [4.78, 5) is 38.4. The van der Waals surface area contributed by atoms with E-state index in [9.17, 15) is 14.4 Å². The highest BCUT2D eigenvalue weighted by molar-refractivity contribution is 6.04. The summed E-state index contributed by atoms with van der Waals surface area (Å²) in [5.74, 6) is 0.366. The molecule has 1 aromatic heterocycles. The number of benzene rings is 3. The minimum Gasteiger partial charge on any atom is -0.497 e. The van der Waals surface area contributed by atoms with Gasteiger partial charge < -0.3 is 29.2 Å². The number of rotatable bonds is 11. The van der Waals surface area contributed by atoms with E-state index in [1.54, 1.807) is 38.3 Å². The topological polar surface area (TPSA) is 116 Å². The molecule has 1 aliphatic heterocycles. The number of nitrogens with one attached hydrogen (secondary N) is 1. The second kappa shape index (κ2) is 14.1. The molecule has 250 valence electrons. The SMILES string of the molecule is COC[C@](C)(NC(=O)c1ccc2c(C3CCCCC3)c3n(c2c1)CCOc1cc(OC)ccc1-3)C(=O)Cc1ccc(/C=C/C(=O)O)cc1. The standard InChI is InChI=1S/C39H42N2O7/c1-39(24-46-2,34(42)21-26-11-9-25(10-12-26)13-18-35(43)44)40-38(45)28-14-16-30-32(22-28)41-19-20-48-33-23-29(47-3)15-17-31(33)37(41)36(30)27-7-5-4-6-8-27/h9-18,22-23,27H,4-8,19-21,24H2,1-3H3,(H,40,45)(H,43,44)/b18-13+/t39-/m0/s1. The molecule has 2 aliphatic rings. The molecule has 0 unspecified atom stereocenters. The van der Waals surface area contributed by atoms with E-state index >= 15 is 0 Å². The number of nitrogens with zero attached hydrogens (tertiary/aromatic N) is 1. The summed E-state index contributed by atoms with van der Waals surface area (Å²) < 4.78 is 19.5. The Morgan fingerprint density at radius 1 is 1.02 bits per heavy atom. The van der Waals surface area contributed by atoms with Crippen LogP contribution in [-0.4, -0.2) is 60.3 Å². The van der Waals surface area contributed by atoms with Crippen LogP contribution in [0.1, 0.15) is 72.0 Å². The number of Topliss-reactive ketones (excluding diaryl/α,β-unsaturated/α-hetero) is 1. The lowest BCUT2D eigenvalue weighted by Gasteiger charge is -2.29. The summed E-state index contributed by atoms with van der Waals surface area (Å²) in [5, 5.41) is 13.0. The van der Waals surface area contributed by atoms with Gasteiger partial charge in [0.1, 0.15) is 23.6 Å². The van der Waals surface area contributed by atoms with Crippen LogP contribution < -0.4 is 14.8 Å². The highest BCUT2D eigenvalue weighted by atomic mass is 16.5. The van der Waals surface area contributed by atoms with Crippen molar-refractivity contribution in [1.29, 1.82) is 0 Å². The van der Waals surface area contributed by atoms with Gasteiger partial charge in [0.15, 0.2) is 5.78 Å². The van der Waals surface area contributed by atoms with E-state index in [-0.39, 0.29) is 24.7 Å². The van der Waals surface area contributed by atoms with E-state index in [0.29, 0.717) is 30.2 Å². The number of hydrogen-bond acceptors (Lipinski definition) is 6. The monoisotopic (exact) mass is 650 g/mol. The lowest BCUT2D eigenvalue weighted by atomic mass is 9.81. The van der Waals surface area contributed by atoms with Crippen LogP contribution in [0, 0.1) is 0 Å². The van der Waals surface area contributed by atoms with Gasteiger partial charge in [-0.05, 0) is 72.7 Å². The van der Waals surface area contributed by atoms with Gasteiger partial charge in [-0.25, -0.2) is 4.79 Å². The first kappa shape index (κ1) is 33.0. The lowest BCUT2D eigenvalue weighted by molar-refractivity contribution is -0.131. The number of carbonyl (C=O) groups excluding carboxylic acids is 2. The van der Waals surface area contributed by atoms with E-state index in [2.05, 4.69) is 22.0 Å². The second-order valence-electron chi connectivity index (χ2n) is 12.9. The highest BCUT2D eigenvalue weighted by Gasteiger charge is 2.36. The van der Waals surface area contributed by atoms with Crippen molar-refractivity contribution in [3.8, 4) is 22.8 Å². The molecule has 1 saturated carbocycles. The molecule has 2 N–H and O–H groups in total. The zero-order valence-electron chi connectivity index (χ0n) is 27.7. The van der Waals surface area contributed by atoms with Crippen LogP contribution in [0.5, 0.6) is 11.5 Å². The van der Waals surface area contributed by atoms with Gasteiger partial charge >= 0.3 is 5.97 Å². The number of carboxylic acids is 1. The third kappa shape index (κ3) is 6.73. The van der Waals surface area contributed by atoms with Crippen molar-refractivity contribution >= 4 is 34.6 Å². The summed E-state index contributed by atoms with van der Waals surface area (Å²) in [5.41, 5.74) is 5.10. The van der Waals surface area contributed by atoms with E-state index in [4.69, 9.17) is 19.3 Å². The molecule has 1 aliphatic carbocycles. The third-order valence-corrected chi connectivity index (χ3v) is 9.60. The number of ketones is 1. The van der Waals surface area contributed by atoms with Gasteiger partial charge in [-0.3, -0.25) is 9.59 Å². The first-order valence-electron chi connectivity index (χ1n) is 16.5. The molecule has 0 spiro atoms. The Kier molecular flexibility index (Phi) is 9.68. The number of hydrogen-bond donors (Lipinski definition) is 2. The summed E-state index contributed by atoms with van der Waals surface area (Å²) in [6, 6.07) is 18.9. The van der Waals surface area contributed by atoms with E-state index < -0.39 is 11.5 Å². The van der Waals surface area contributed by atoms with Gasteiger partial charge in [0.05, 0.1) is 26.0 Å². The number of ether oxygens (including phenoxy) is 3. The summed E-state index contributed by atoms with van der Waals surface area (Å²) in [7, 11) is 3.16. The minimum atomic E-state index is -1.28. The molecule has 0 radical (unpaired) electrons. The number of fused-ring (bicyclic) bond motifs is 5. The van der Waals surface area contributed by atoms with E-state index in [1.807, 2.05) is 24.3 Å². The highest BCUT2D eigenvalue weighted by Crippen LogP contribution is 2.47. The summed E-state index contributed by atoms with van der Waals surface area (Å²) in [6.45, 7) is 2.80. The van der Waals surface area contributed by atoms with Crippen LogP contribution in [0.25, 0.3) is 28.2 Å². The first-order valence-corrected chi connectivity index (χ1v) is 16.5. The van der Waals surface area contributed by atoms with Gasteiger partial charge in [0.2, 0.25) is 0 Å². The molecule has 9 nitrogen and oxygen atoms in total. The van der Waals surface area contributed by atoms with Crippen molar-refractivity contribution in [2.75, 3.05) is 27.4 Å². The number of amides is 1. The van der Waals surface area contributed by atoms with Crippen molar-refractivity contribution in [3.05, 3.63) is 89.0 Å². The van der Waals surface area contributed by atoms with Crippen LogP contribution in [-0.2, 0) is 27.3 Å². The molecular weight excluding hydrogens is 608 g/mol. The maximum Gasteiger partial charge on any atom is 0.328 e. The molecule has 1 atom stereocenters.